The normalized spacial score (nSPS) is 11.4. The number of carbonyl (C=O) groups excluding carboxylic acids is 2. The second kappa shape index (κ2) is 5.83. The van der Waals surface area contributed by atoms with Gasteiger partial charge in [0.1, 0.15) is 5.54 Å². The van der Waals surface area contributed by atoms with Crippen molar-refractivity contribution in [3.05, 3.63) is 17.5 Å². The number of amides is 2. The minimum absolute atomic E-state index is 0.361. The summed E-state index contributed by atoms with van der Waals surface area (Å²) in [5.41, 5.74) is 10.7. The molecule has 5 N–H and O–H groups in total. The minimum atomic E-state index is -1.09. The van der Waals surface area contributed by atoms with Crippen molar-refractivity contribution in [2.24, 2.45) is 11.5 Å². The molecule has 0 aromatic carbocycles. The predicted molar refractivity (Wildman–Crippen MR) is 71.4 cm³/mol. The lowest BCUT2D eigenvalue weighted by molar-refractivity contribution is -0.122. The lowest BCUT2D eigenvalue weighted by atomic mass is 10.0. The number of hydrogen-bond acceptors (Lipinski definition) is 4. The lowest BCUT2D eigenvalue weighted by Crippen LogP contribution is -2.53. The van der Waals surface area contributed by atoms with Crippen LogP contribution in [-0.4, -0.2) is 33.7 Å². The van der Waals surface area contributed by atoms with Crippen molar-refractivity contribution in [2.45, 2.75) is 39.3 Å². The van der Waals surface area contributed by atoms with Crippen LogP contribution in [0.5, 0.6) is 0 Å². The Balaban J connectivity index is 2.84. The molecule has 1 aromatic heterocycles. The van der Waals surface area contributed by atoms with Crippen LogP contribution in [-0.2, 0) is 11.3 Å². The number of nitrogens with one attached hydrogen (secondary N) is 1. The van der Waals surface area contributed by atoms with Gasteiger partial charge in [0.25, 0.3) is 5.91 Å². The van der Waals surface area contributed by atoms with Gasteiger partial charge in [0.2, 0.25) is 5.91 Å². The number of nitrogens with two attached hydrogens (primary N) is 2. The summed E-state index contributed by atoms with van der Waals surface area (Å²) in [6, 6.07) is 0. The highest BCUT2D eigenvalue weighted by Gasteiger charge is 2.28. The van der Waals surface area contributed by atoms with Crippen molar-refractivity contribution in [1.29, 1.82) is 0 Å². The molecule has 19 heavy (non-hydrogen) atoms. The summed E-state index contributed by atoms with van der Waals surface area (Å²) in [6.07, 6.45) is 2.27. The summed E-state index contributed by atoms with van der Waals surface area (Å²) < 4.78 is 1.72. The van der Waals surface area contributed by atoms with E-state index < -0.39 is 11.4 Å². The molecule has 0 saturated heterocycles. The topological polar surface area (TPSA) is 116 Å². The Morgan fingerprint density at radius 2 is 2.11 bits per heavy atom. The van der Waals surface area contributed by atoms with E-state index in [4.69, 9.17) is 11.5 Å². The zero-order valence-corrected chi connectivity index (χ0v) is 11.6. The summed E-state index contributed by atoms with van der Waals surface area (Å²) in [4.78, 5) is 23.3. The van der Waals surface area contributed by atoms with Crippen LogP contribution in [0.25, 0.3) is 0 Å². The van der Waals surface area contributed by atoms with E-state index >= 15 is 0 Å². The molecule has 0 atom stereocenters. The first kappa shape index (κ1) is 15.2. The Morgan fingerprint density at radius 1 is 1.47 bits per heavy atom. The highest BCUT2D eigenvalue weighted by molar-refractivity contribution is 5.99. The summed E-state index contributed by atoms with van der Waals surface area (Å²) in [5.74, 6) is -0.950. The van der Waals surface area contributed by atoms with Crippen LogP contribution in [0.2, 0.25) is 0 Å². The third kappa shape index (κ3) is 3.54. The Kier molecular flexibility index (Phi) is 4.66. The average molecular weight is 267 g/mol. The summed E-state index contributed by atoms with van der Waals surface area (Å²) in [7, 11) is 0. The molecule has 2 amide bonds. The second-order valence-corrected chi connectivity index (χ2v) is 4.95. The van der Waals surface area contributed by atoms with Gasteiger partial charge < -0.3 is 16.8 Å². The molecule has 0 bridgehead atoms. The predicted octanol–water partition coefficient (Wildman–Crippen LogP) is -0.466. The van der Waals surface area contributed by atoms with E-state index in [1.165, 1.54) is 6.20 Å². The molecule has 106 valence electrons. The number of aryl methyl sites for hydroxylation is 1. The van der Waals surface area contributed by atoms with Gasteiger partial charge in [-0.1, -0.05) is 0 Å². The highest BCUT2D eigenvalue weighted by atomic mass is 16.2. The molecule has 0 spiro atoms. The fourth-order valence-corrected chi connectivity index (χ4v) is 1.55. The van der Waals surface area contributed by atoms with Crippen molar-refractivity contribution >= 4 is 11.8 Å². The Labute approximate surface area is 112 Å². The second-order valence-electron chi connectivity index (χ2n) is 4.95. The highest BCUT2D eigenvalue weighted by Crippen LogP contribution is 2.10. The van der Waals surface area contributed by atoms with Gasteiger partial charge in [-0.15, -0.1) is 0 Å². The molecular formula is C12H21N5O2. The number of aromatic nitrogens is 2. The number of carbonyl (C=O) groups is 2. The maximum Gasteiger partial charge on any atom is 0.255 e. The van der Waals surface area contributed by atoms with Gasteiger partial charge in [-0.25, -0.2) is 0 Å². The van der Waals surface area contributed by atoms with Crippen LogP contribution >= 0.6 is 0 Å². The fourth-order valence-electron chi connectivity index (χ4n) is 1.55. The van der Waals surface area contributed by atoms with Crippen LogP contribution in [0.15, 0.2) is 6.20 Å². The Morgan fingerprint density at radius 3 is 2.63 bits per heavy atom. The zero-order valence-electron chi connectivity index (χ0n) is 11.6. The molecular weight excluding hydrogens is 246 g/mol. The van der Waals surface area contributed by atoms with Gasteiger partial charge in [-0.2, -0.15) is 5.10 Å². The molecule has 0 saturated carbocycles. The van der Waals surface area contributed by atoms with Crippen LogP contribution < -0.4 is 16.8 Å². The fraction of sp³-hybridized carbons (Fsp3) is 0.583. The monoisotopic (exact) mass is 267 g/mol. The quantitative estimate of drug-likeness (QED) is 0.646. The molecule has 0 aliphatic rings. The molecule has 0 aliphatic carbocycles. The Hall–Kier alpha value is -1.89. The molecule has 7 heteroatoms. The molecule has 7 nitrogen and oxygen atoms in total. The lowest BCUT2D eigenvalue weighted by Gasteiger charge is -2.22. The molecule has 0 aliphatic heterocycles. The van der Waals surface area contributed by atoms with Crippen molar-refractivity contribution in [3.63, 3.8) is 0 Å². The molecule has 1 aromatic rings. The van der Waals surface area contributed by atoms with E-state index in [1.54, 1.807) is 25.5 Å². The van der Waals surface area contributed by atoms with Crippen molar-refractivity contribution in [1.82, 2.24) is 15.1 Å². The maximum absolute atomic E-state index is 12.1. The van der Waals surface area contributed by atoms with Crippen LogP contribution in [0, 0.1) is 6.92 Å². The third-order valence-electron chi connectivity index (χ3n) is 2.96. The Bertz CT molecular complexity index is 478. The van der Waals surface area contributed by atoms with Gasteiger partial charge in [0, 0.05) is 12.2 Å². The van der Waals surface area contributed by atoms with Crippen molar-refractivity contribution in [3.8, 4) is 0 Å². The van der Waals surface area contributed by atoms with Gasteiger partial charge in [-0.05, 0) is 33.7 Å². The van der Waals surface area contributed by atoms with Gasteiger partial charge in [0.15, 0.2) is 0 Å². The first-order valence-electron chi connectivity index (χ1n) is 6.14. The van der Waals surface area contributed by atoms with Gasteiger partial charge in [0.05, 0.1) is 11.8 Å². The standard InChI is InChI=1S/C12H21N5O2/c1-8-9(7-15-17(8)6-4-5-13)10(18)16-12(2,3)11(14)19/h7H,4-6,13H2,1-3H3,(H2,14,19)(H,16,18). The number of primary amides is 1. The molecule has 0 radical (unpaired) electrons. The van der Waals surface area contributed by atoms with E-state index in [0.29, 0.717) is 18.7 Å². The largest absolute Gasteiger partial charge is 0.368 e. The van der Waals surface area contributed by atoms with E-state index in [2.05, 4.69) is 10.4 Å². The van der Waals surface area contributed by atoms with Crippen LogP contribution in [0.3, 0.4) is 0 Å². The first-order chi connectivity index (χ1) is 8.79. The average Bonchev–Trinajstić information content (AvgIpc) is 2.67. The van der Waals surface area contributed by atoms with Crippen LogP contribution in [0.4, 0.5) is 0 Å². The SMILES string of the molecule is Cc1c(C(=O)NC(C)(C)C(N)=O)cnn1CCCN. The number of nitrogens with zero attached hydrogens (tertiary/aromatic N) is 2. The van der Waals surface area contributed by atoms with Crippen molar-refractivity contribution in [2.75, 3.05) is 6.54 Å². The zero-order chi connectivity index (χ0) is 14.6. The summed E-state index contributed by atoms with van der Waals surface area (Å²) >= 11 is 0. The molecule has 1 heterocycles. The smallest absolute Gasteiger partial charge is 0.255 e. The number of rotatable bonds is 6. The minimum Gasteiger partial charge on any atom is -0.368 e. The van der Waals surface area contributed by atoms with E-state index in [-0.39, 0.29) is 5.91 Å². The van der Waals surface area contributed by atoms with Gasteiger partial charge in [-0.3, -0.25) is 14.3 Å². The third-order valence-corrected chi connectivity index (χ3v) is 2.96. The van der Waals surface area contributed by atoms with E-state index in [1.807, 2.05) is 0 Å². The molecule has 0 fully saturated rings. The first-order valence-corrected chi connectivity index (χ1v) is 6.14. The molecule has 0 unspecified atom stereocenters. The number of hydrogen-bond donors (Lipinski definition) is 3. The van der Waals surface area contributed by atoms with E-state index in [9.17, 15) is 9.59 Å². The summed E-state index contributed by atoms with van der Waals surface area (Å²) in [6.45, 7) is 6.14. The van der Waals surface area contributed by atoms with Crippen molar-refractivity contribution < 1.29 is 9.59 Å². The van der Waals surface area contributed by atoms with Crippen LogP contribution in [0.1, 0.15) is 36.3 Å². The summed E-state index contributed by atoms with van der Waals surface area (Å²) in [5, 5.41) is 6.72. The molecule has 1 rings (SSSR count). The van der Waals surface area contributed by atoms with E-state index in [0.717, 1.165) is 12.1 Å². The maximum atomic E-state index is 12.1. The van der Waals surface area contributed by atoms with Gasteiger partial charge >= 0.3 is 0 Å².